The zero-order valence-corrected chi connectivity index (χ0v) is 18.2. The minimum atomic E-state index is -1.67. The number of Topliss-reactive ketones (excluding diaryl/α,β-unsaturated/α-hetero) is 1. The van der Waals surface area contributed by atoms with Crippen LogP contribution < -0.4 is 14.5 Å². The molecule has 3 heterocycles. The molecule has 3 unspecified atom stereocenters. The molecule has 1 aromatic rings. The first-order chi connectivity index (χ1) is 15.7. The van der Waals surface area contributed by atoms with Gasteiger partial charge in [-0.05, 0) is 24.3 Å². The van der Waals surface area contributed by atoms with E-state index in [-0.39, 0.29) is 43.0 Å². The fraction of sp³-hybridized carbons (Fsp3) is 0.364. The van der Waals surface area contributed by atoms with Crippen LogP contribution in [0.15, 0.2) is 42.6 Å². The molecule has 0 radical (unpaired) electrons. The highest BCUT2D eigenvalue weighted by molar-refractivity contribution is 6.07. The molecule has 3 aliphatic rings. The second kappa shape index (κ2) is 7.62. The van der Waals surface area contributed by atoms with Gasteiger partial charge in [-0.15, -0.1) is 0 Å². The van der Waals surface area contributed by atoms with Crippen LogP contribution in [0.4, 0.5) is 26.7 Å². The Balaban J connectivity index is 2.01. The number of carbonyl (C=O) groups is 4. The Kier molecular flexibility index (Phi) is 5.16. The highest BCUT2D eigenvalue weighted by Gasteiger charge is 2.71. The van der Waals surface area contributed by atoms with Crippen molar-refractivity contribution in [2.75, 3.05) is 16.5 Å². The Morgan fingerprint density at radius 3 is 2.39 bits per heavy atom. The summed E-state index contributed by atoms with van der Waals surface area (Å²) in [6, 6.07) is 4.75. The van der Waals surface area contributed by atoms with Gasteiger partial charge in [-0.1, -0.05) is 24.5 Å². The van der Waals surface area contributed by atoms with Crippen LogP contribution in [0.2, 0.25) is 0 Å². The second-order valence-electron chi connectivity index (χ2n) is 8.03. The van der Waals surface area contributed by atoms with Gasteiger partial charge in [0.2, 0.25) is 11.8 Å². The average molecular weight is 457 g/mol. The standard InChI is InChI=1S/C22H24N4O7/c1-3-17(27)22(10-5-6-11-23(22)12-9-19(28)29)25-14-7-8-15-16(13-14)26(25,21(32)33)18(4-2)24(15)20(30)31/h5-8,10-11,13,18H,3-4,9,12H2,1-2H3,(H2-,28,29,30,31,32,33)/p+1. The molecule has 3 aliphatic heterocycles. The topological polar surface area (TPSA) is 139 Å². The number of benzene rings is 1. The van der Waals surface area contributed by atoms with E-state index in [0.29, 0.717) is 5.69 Å². The predicted molar refractivity (Wildman–Crippen MR) is 119 cm³/mol. The monoisotopic (exact) mass is 457 g/mol. The Morgan fingerprint density at radius 2 is 1.82 bits per heavy atom. The Bertz CT molecular complexity index is 1120. The van der Waals surface area contributed by atoms with Crippen LogP contribution in [-0.4, -0.2) is 62.5 Å². The van der Waals surface area contributed by atoms with Gasteiger partial charge in [0.05, 0.1) is 12.1 Å². The highest BCUT2D eigenvalue weighted by Crippen LogP contribution is 2.57. The average Bonchev–Trinajstić information content (AvgIpc) is 3.22. The lowest BCUT2D eigenvalue weighted by Crippen LogP contribution is -2.80. The predicted octanol–water partition coefficient (Wildman–Crippen LogP) is 3.18. The van der Waals surface area contributed by atoms with E-state index in [1.54, 1.807) is 56.5 Å². The maximum Gasteiger partial charge on any atom is 0.546 e. The van der Waals surface area contributed by atoms with Crippen molar-refractivity contribution in [1.82, 2.24) is 9.49 Å². The van der Waals surface area contributed by atoms with Crippen molar-refractivity contribution in [2.24, 2.45) is 0 Å². The maximum absolute atomic E-state index is 13.7. The molecule has 0 spiro atoms. The van der Waals surface area contributed by atoms with E-state index in [4.69, 9.17) is 0 Å². The number of aliphatic carboxylic acids is 1. The quantitative estimate of drug-likeness (QED) is 0.527. The molecule has 3 atom stereocenters. The number of nitrogens with zero attached hydrogens (tertiary/aromatic N) is 4. The molecule has 0 aromatic heterocycles. The fourth-order valence-corrected chi connectivity index (χ4v) is 5.30. The van der Waals surface area contributed by atoms with Crippen LogP contribution in [0.1, 0.15) is 33.1 Å². The lowest BCUT2D eigenvalue weighted by Gasteiger charge is -2.52. The number of amides is 2. The molecule has 0 saturated carbocycles. The van der Waals surface area contributed by atoms with E-state index in [1.807, 2.05) is 0 Å². The number of anilines is 2. The van der Waals surface area contributed by atoms with Crippen LogP contribution in [0.3, 0.4) is 0 Å². The lowest BCUT2D eigenvalue weighted by atomic mass is 9.95. The Hall–Kier alpha value is -3.86. The minimum absolute atomic E-state index is 0.0419. The zero-order valence-electron chi connectivity index (χ0n) is 18.2. The summed E-state index contributed by atoms with van der Waals surface area (Å²) in [4.78, 5) is 52.8. The molecule has 1 aromatic carbocycles. The molecule has 2 bridgehead atoms. The summed E-state index contributed by atoms with van der Waals surface area (Å²) in [6.45, 7) is 3.29. The zero-order chi connectivity index (χ0) is 24.1. The first-order valence-corrected chi connectivity index (χ1v) is 10.6. The molecular weight excluding hydrogens is 432 g/mol. The van der Waals surface area contributed by atoms with E-state index in [9.17, 15) is 34.5 Å². The third kappa shape index (κ3) is 2.72. The van der Waals surface area contributed by atoms with Crippen molar-refractivity contribution in [2.45, 2.75) is 44.9 Å². The molecule has 33 heavy (non-hydrogen) atoms. The fourth-order valence-electron chi connectivity index (χ4n) is 5.30. The van der Waals surface area contributed by atoms with Gasteiger partial charge in [-0.25, -0.2) is 9.69 Å². The largest absolute Gasteiger partial charge is 0.546 e. The SMILES string of the molecule is CCC(=O)C1(N2c3ccc4c(c3)[N+]2(C(=O)O)C(CC)N4C(=O)O)C=CC=CN1CCC(=O)O. The number of rotatable bonds is 7. The lowest BCUT2D eigenvalue weighted by molar-refractivity contribution is -0.138. The normalized spacial score (nSPS) is 26.7. The smallest absolute Gasteiger partial charge is 0.481 e. The first-order valence-electron chi connectivity index (χ1n) is 10.6. The number of quaternary nitrogens is 1. The number of allylic oxidation sites excluding steroid dienone is 2. The third-order valence-corrected chi connectivity index (χ3v) is 6.50. The summed E-state index contributed by atoms with van der Waals surface area (Å²) in [6.07, 6.45) is 2.63. The molecule has 11 nitrogen and oxygen atoms in total. The van der Waals surface area contributed by atoms with Crippen molar-refractivity contribution in [3.63, 3.8) is 0 Å². The molecule has 4 rings (SSSR count). The molecule has 0 aliphatic carbocycles. The summed E-state index contributed by atoms with van der Waals surface area (Å²) >= 11 is 0. The number of carboxylic acids is 1. The van der Waals surface area contributed by atoms with E-state index in [2.05, 4.69) is 0 Å². The maximum atomic E-state index is 13.7. The van der Waals surface area contributed by atoms with Crippen molar-refractivity contribution >= 4 is 41.0 Å². The van der Waals surface area contributed by atoms with Crippen LogP contribution in [0.25, 0.3) is 0 Å². The summed E-state index contributed by atoms with van der Waals surface area (Å²) in [7, 11) is 0. The van der Waals surface area contributed by atoms with Crippen LogP contribution >= 0.6 is 0 Å². The van der Waals surface area contributed by atoms with E-state index >= 15 is 0 Å². The molecule has 0 fully saturated rings. The van der Waals surface area contributed by atoms with Gasteiger partial charge >= 0.3 is 18.2 Å². The number of fused-ring (bicyclic) bond motifs is 1. The van der Waals surface area contributed by atoms with Gasteiger partial charge in [0, 0.05) is 31.7 Å². The second-order valence-corrected chi connectivity index (χ2v) is 8.03. The van der Waals surface area contributed by atoms with Crippen LogP contribution in [-0.2, 0) is 9.59 Å². The summed E-state index contributed by atoms with van der Waals surface area (Å²) < 4.78 is -0.923. The minimum Gasteiger partial charge on any atom is -0.481 e. The Labute approximate surface area is 189 Å². The number of hydrogen-bond donors (Lipinski definition) is 3. The van der Waals surface area contributed by atoms with Crippen molar-refractivity contribution in [1.29, 1.82) is 0 Å². The molecule has 11 heteroatoms. The summed E-state index contributed by atoms with van der Waals surface area (Å²) in [5.41, 5.74) is -0.748. The molecular formula is C22H25N4O7+. The van der Waals surface area contributed by atoms with E-state index < -0.39 is 34.6 Å². The van der Waals surface area contributed by atoms with Crippen LogP contribution in [0.5, 0.6) is 0 Å². The number of hydrogen-bond acceptors (Lipinski definition) is 6. The number of ketones is 1. The Morgan fingerprint density at radius 1 is 1.09 bits per heavy atom. The first kappa shape index (κ1) is 22.3. The summed E-state index contributed by atoms with van der Waals surface area (Å²) in [5.74, 6) is -1.41. The van der Waals surface area contributed by atoms with Gasteiger partial charge in [0.1, 0.15) is 5.69 Å². The van der Waals surface area contributed by atoms with Crippen molar-refractivity contribution in [3.05, 3.63) is 42.6 Å². The molecule has 174 valence electrons. The van der Waals surface area contributed by atoms with Gasteiger partial charge in [-0.2, -0.15) is 9.80 Å². The highest BCUT2D eigenvalue weighted by atomic mass is 16.4. The molecule has 2 amide bonds. The van der Waals surface area contributed by atoms with Crippen molar-refractivity contribution in [3.8, 4) is 0 Å². The van der Waals surface area contributed by atoms with Gasteiger partial charge in [0.15, 0.2) is 11.5 Å². The number of carbonyl (C=O) groups excluding carboxylic acids is 1. The molecule has 0 saturated heterocycles. The van der Waals surface area contributed by atoms with E-state index in [1.165, 1.54) is 9.91 Å². The number of carboxylic acid groups (broad SMARTS) is 3. The summed E-state index contributed by atoms with van der Waals surface area (Å²) in [5, 5.41) is 31.3. The van der Waals surface area contributed by atoms with Gasteiger partial charge < -0.3 is 20.2 Å². The van der Waals surface area contributed by atoms with Crippen LogP contribution in [0, 0.1) is 0 Å². The van der Waals surface area contributed by atoms with Gasteiger partial charge in [-0.3, -0.25) is 9.59 Å². The third-order valence-electron chi connectivity index (χ3n) is 6.50. The van der Waals surface area contributed by atoms with Gasteiger partial charge in [0.25, 0.3) is 0 Å². The van der Waals surface area contributed by atoms with E-state index in [0.717, 1.165) is 4.90 Å². The molecule has 3 N–H and O–H groups in total. The van der Waals surface area contributed by atoms with Crippen molar-refractivity contribution < 1.29 is 34.5 Å².